The molecule has 37 heavy (non-hydrogen) atoms. The lowest BCUT2D eigenvalue weighted by atomic mass is 9.99. The van der Waals surface area contributed by atoms with E-state index in [2.05, 4.69) is 16.7 Å². The molecule has 1 aliphatic heterocycles. The topological polar surface area (TPSA) is 130 Å². The summed E-state index contributed by atoms with van der Waals surface area (Å²) in [6, 6.07) is 20.6. The first-order chi connectivity index (χ1) is 17.8. The fourth-order valence-electron chi connectivity index (χ4n) is 3.82. The molecule has 2 N–H and O–H groups in total. The van der Waals surface area contributed by atoms with Crippen molar-refractivity contribution >= 4 is 18.2 Å². The molecule has 0 radical (unpaired) electrons. The maximum Gasteiger partial charge on any atom is 0.528 e. The van der Waals surface area contributed by atoms with Crippen LogP contribution < -0.4 is 10.6 Å². The fourth-order valence-corrected chi connectivity index (χ4v) is 3.82. The van der Waals surface area contributed by atoms with Crippen molar-refractivity contribution in [2.45, 2.75) is 51.5 Å². The van der Waals surface area contributed by atoms with E-state index < -0.39 is 29.8 Å². The van der Waals surface area contributed by atoms with Gasteiger partial charge in [0.1, 0.15) is 12.1 Å². The summed E-state index contributed by atoms with van der Waals surface area (Å²) in [6.07, 6.45) is -2.23. The number of rotatable bonds is 10. The van der Waals surface area contributed by atoms with Crippen molar-refractivity contribution in [1.29, 1.82) is 5.26 Å². The summed E-state index contributed by atoms with van der Waals surface area (Å²) in [6.45, 7) is 4.28. The second-order valence-corrected chi connectivity index (χ2v) is 9.27. The zero-order valence-corrected chi connectivity index (χ0v) is 21.0. The minimum absolute atomic E-state index is 0.0498. The Balaban J connectivity index is 1.52. The first-order valence-electron chi connectivity index (χ1n) is 12.1. The van der Waals surface area contributed by atoms with Crippen LogP contribution in [-0.4, -0.2) is 48.0 Å². The number of nitriles is 1. The highest BCUT2D eigenvalue weighted by atomic mass is 16.8. The molecule has 3 rings (SSSR count). The van der Waals surface area contributed by atoms with Crippen molar-refractivity contribution in [1.82, 2.24) is 15.7 Å². The predicted octanol–water partition coefficient (Wildman–Crippen LogP) is 3.68. The Hall–Kier alpha value is -4.10. The molecule has 1 aliphatic rings. The van der Waals surface area contributed by atoms with E-state index in [1.54, 1.807) is 0 Å². The van der Waals surface area contributed by atoms with Gasteiger partial charge >= 0.3 is 12.2 Å². The van der Waals surface area contributed by atoms with E-state index in [4.69, 9.17) is 14.3 Å². The number of nitrogens with zero attached hydrogens (tertiary/aromatic N) is 2. The number of alkyl carbamates (subject to hydrolysis) is 1. The summed E-state index contributed by atoms with van der Waals surface area (Å²) in [5, 5.41) is 16.5. The maximum atomic E-state index is 13.1. The van der Waals surface area contributed by atoms with Crippen LogP contribution in [0.4, 0.5) is 9.59 Å². The van der Waals surface area contributed by atoms with Gasteiger partial charge in [0, 0.05) is 19.5 Å². The highest BCUT2D eigenvalue weighted by molar-refractivity contribution is 5.84. The smallest absolute Gasteiger partial charge is 0.436 e. The minimum atomic E-state index is -1.31. The summed E-state index contributed by atoms with van der Waals surface area (Å²) in [4.78, 5) is 42.8. The average Bonchev–Trinajstić information content (AvgIpc) is 3.29. The van der Waals surface area contributed by atoms with Gasteiger partial charge in [-0.1, -0.05) is 74.5 Å². The Labute approximate surface area is 216 Å². The Kier molecular flexibility index (Phi) is 9.86. The van der Waals surface area contributed by atoms with Gasteiger partial charge in [-0.15, -0.1) is 5.06 Å². The van der Waals surface area contributed by atoms with E-state index in [0.29, 0.717) is 0 Å². The van der Waals surface area contributed by atoms with Crippen LogP contribution in [0.2, 0.25) is 0 Å². The molecule has 10 nitrogen and oxygen atoms in total. The lowest BCUT2D eigenvalue weighted by Crippen LogP contribution is -2.53. The number of hydrogen-bond donors (Lipinski definition) is 2. The predicted molar refractivity (Wildman–Crippen MR) is 133 cm³/mol. The molecule has 0 aromatic heterocycles. The zero-order chi connectivity index (χ0) is 26.7. The number of benzene rings is 2. The molecule has 10 heteroatoms. The van der Waals surface area contributed by atoms with Crippen molar-refractivity contribution in [2.24, 2.45) is 5.92 Å². The normalized spacial score (nSPS) is 17.9. The molecule has 2 unspecified atom stereocenters. The average molecular weight is 509 g/mol. The lowest BCUT2D eigenvalue weighted by Gasteiger charge is -2.26. The second-order valence-electron chi connectivity index (χ2n) is 9.27. The fraction of sp³-hybridized carbons (Fsp3) is 0.407. The van der Waals surface area contributed by atoms with Gasteiger partial charge in [0.2, 0.25) is 0 Å². The van der Waals surface area contributed by atoms with Crippen LogP contribution in [0.5, 0.6) is 0 Å². The third-order valence-corrected chi connectivity index (χ3v) is 5.72. The van der Waals surface area contributed by atoms with Crippen LogP contribution in [-0.2, 0) is 32.3 Å². The molecule has 0 bridgehead atoms. The van der Waals surface area contributed by atoms with Gasteiger partial charge in [0.15, 0.2) is 6.10 Å². The SMILES string of the molecule is CC(C)CC(OC(=O)NCc1ccccc1)C(=O)NC1(C#N)CCN(OC(=O)OCc2ccccc2)C1. The Morgan fingerprint density at radius 2 is 1.70 bits per heavy atom. The van der Waals surface area contributed by atoms with E-state index in [-0.39, 0.29) is 45.0 Å². The molecule has 2 amide bonds. The van der Waals surface area contributed by atoms with Gasteiger partial charge in [-0.3, -0.25) is 4.79 Å². The zero-order valence-electron chi connectivity index (χ0n) is 21.0. The van der Waals surface area contributed by atoms with Crippen molar-refractivity contribution in [2.75, 3.05) is 13.1 Å². The quantitative estimate of drug-likeness (QED) is 0.465. The van der Waals surface area contributed by atoms with Gasteiger partial charge in [0.25, 0.3) is 5.91 Å². The van der Waals surface area contributed by atoms with Crippen LogP contribution in [0.3, 0.4) is 0 Å². The first kappa shape index (κ1) is 27.5. The highest BCUT2D eigenvalue weighted by Gasteiger charge is 2.43. The molecule has 2 aromatic carbocycles. The lowest BCUT2D eigenvalue weighted by molar-refractivity contribution is -0.133. The molecular weight excluding hydrogens is 476 g/mol. The van der Waals surface area contributed by atoms with E-state index in [1.807, 2.05) is 74.5 Å². The van der Waals surface area contributed by atoms with E-state index >= 15 is 0 Å². The molecule has 196 valence electrons. The third-order valence-electron chi connectivity index (χ3n) is 5.72. The van der Waals surface area contributed by atoms with Gasteiger partial charge < -0.3 is 24.9 Å². The third kappa shape index (κ3) is 8.81. The van der Waals surface area contributed by atoms with Crippen molar-refractivity contribution in [3.05, 3.63) is 71.8 Å². The van der Waals surface area contributed by atoms with E-state index in [0.717, 1.165) is 11.1 Å². The van der Waals surface area contributed by atoms with Crippen molar-refractivity contribution < 1.29 is 28.7 Å². The van der Waals surface area contributed by atoms with Gasteiger partial charge in [0.05, 0.1) is 12.6 Å². The molecule has 1 fully saturated rings. The van der Waals surface area contributed by atoms with E-state index in [1.165, 1.54) is 5.06 Å². The first-order valence-corrected chi connectivity index (χ1v) is 12.1. The summed E-state index contributed by atoms with van der Waals surface area (Å²) in [7, 11) is 0. The number of carbonyl (C=O) groups excluding carboxylic acids is 3. The summed E-state index contributed by atoms with van der Waals surface area (Å²) in [5.74, 6) is -0.530. The monoisotopic (exact) mass is 508 g/mol. The molecule has 0 saturated carbocycles. The van der Waals surface area contributed by atoms with Gasteiger partial charge in [-0.25, -0.2) is 9.59 Å². The van der Waals surface area contributed by atoms with Crippen molar-refractivity contribution in [3.63, 3.8) is 0 Å². The Bertz CT molecular complexity index is 1090. The molecular formula is C27H32N4O6. The number of nitrogens with one attached hydrogen (secondary N) is 2. The van der Waals surface area contributed by atoms with Crippen LogP contribution in [0.1, 0.15) is 37.8 Å². The molecule has 0 spiro atoms. The number of ether oxygens (including phenoxy) is 2. The number of hydrogen-bond acceptors (Lipinski definition) is 8. The summed E-state index contributed by atoms with van der Waals surface area (Å²) in [5.41, 5.74) is 0.389. The molecule has 1 heterocycles. The molecule has 1 saturated heterocycles. The largest absolute Gasteiger partial charge is 0.528 e. The molecule has 0 aliphatic carbocycles. The van der Waals surface area contributed by atoms with Crippen LogP contribution in [0.25, 0.3) is 0 Å². The Morgan fingerprint density at radius 3 is 2.32 bits per heavy atom. The highest BCUT2D eigenvalue weighted by Crippen LogP contribution is 2.22. The van der Waals surface area contributed by atoms with Crippen molar-refractivity contribution in [3.8, 4) is 6.07 Å². The summed E-state index contributed by atoms with van der Waals surface area (Å²) < 4.78 is 10.5. The standard InChI is InChI=1S/C27H32N4O6/c1-20(2)15-23(36-25(33)29-16-21-9-5-3-6-10-21)24(32)30-27(18-28)13-14-31(19-27)37-26(34)35-17-22-11-7-4-8-12-22/h3-12,20,23H,13-17,19H2,1-2H3,(H,29,33)(H,30,32). The number of amides is 2. The summed E-state index contributed by atoms with van der Waals surface area (Å²) >= 11 is 0. The second kappa shape index (κ2) is 13.3. The van der Waals surface area contributed by atoms with Crippen LogP contribution in [0.15, 0.2) is 60.7 Å². The number of carbonyl (C=O) groups is 3. The van der Waals surface area contributed by atoms with Gasteiger partial charge in [-0.2, -0.15) is 5.26 Å². The number of hydroxylamine groups is 2. The molecule has 2 atom stereocenters. The Morgan fingerprint density at radius 1 is 1.05 bits per heavy atom. The van der Waals surface area contributed by atoms with Crippen LogP contribution in [0, 0.1) is 17.2 Å². The minimum Gasteiger partial charge on any atom is -0.436 e. The van der Waals surface area contributed by atoms with Crippen LogP contribution >= 0.6 is 0 Å². The van der Waals surface area contributed by atoms with Gasteiger partial charge in [-0.05, 0) is 23.5 Å². The van der Waals surface area contributed by atoms with E-state index in [9.17, 15) is 19.6 Å². The molecule has 2 aromatic rings. The maximum absolute atomic E-state index is 13.1.